The number of hydrogen-bond donors (Lipinski definition) is 1. The second-order valence-corrected chi connectivity index (χ2v) is 5.92. The topological polar surface area (TPSA) is 57.6 Å². The van der Waals surface area contributed by atoms with Crippen LogP contribution in [0.4, 0.5) is 8.78 Å². The van der Waals surface area contributed by atoms with E-state index in [1.807, 2.05) is 0 Å². The number of rotatable bonds is 3. The first-order valence-electron chi connectivity index (χ1n) is 6.27. The highest BCUT2D eigenvalue weighted by atomic mass is 32.1. The number of carbonyl (C=O) groups is 2. The SMILES string of the molecule is CN(C(=O)c1cc(C(=O)O)cs1)C1CCC(F)(F)CC1. The first kappa shape index (κ1) is 14.9. The standard InChI is InChI=1S/C13H15F2NO3S/c1-16(9-2-4-13(14,15)5-3-9)11(17)10-6-8(7-20-10)12(18)19/h6-7,9H,2-5H2,1H3,(H,18,19). The maximum atomic E-state index is 13.1. The number of aromatic carboxylic acids is 1. The molecule has 0 atom stereocenters. The number of amides is 1. The minimum absolute atomic E-state index is 0.0712. The summed E-state index contributed by atoms with van der Waals surface area (Å²) in [6, 6.07) is 1.11. The Morgan fingerprint density at radius 2 is 2.00 bits per heavy atom. The maximum absolute atomic E-state index is 13.1. The first-order chi connectivity index (χ1) is 9.30. The van der Waals surface area contributed by atoms with E-state index in [0.717, 1.165) is 11.3 Å². The van der Waals surface area contributed by atoms with E-state index < -0.39 is 11.9 Å². The van der Waals surface area contributed by atoms with Crippen molar-refractivity contribution in [3.05, 3.63) is 21.9 Å². The number of carboxylic acids is 1. The van der Waals surface area contributed by atoms with Gasteiger partial charge in [0.15, 0.2) is 0 Å². The fourth-order valence-corrected chi connectivity index (χ4v) is 3.17. The highest BCUT2D eigenvalue weighted by Crippen LogP contribution is 2.35. The molecule has 1 aliphatic carbocycles. The van der Waals surface area contributed by atoms with Gasteiger partial charge in [-0.1, -0.05) is 0 Å². The molecule has 2 rings (SSSR count). The van der Waals surface area contributed by atoms with Crippen LogP contribution in [0.15, 0.2) is 11.4 Å². The molecule has 1 aromatic rings. The van der Waals surface area contributed by atoms with E-state index in [-0.39, 0.29) is 43.2 Å². The van der Waals surface area contributed by atoms with Crippen LogP contribution in [0.5, 0.6) is 0 Å². The van der Waals surface area contributed by atoms with Crippen LogP contribution in [-0.2, 0) is 0 Å². The van der Waals surface area contributed by atoms with E-state index in [9.17, 15) is 18.4 Å². The van der Waals surface area contributed by atoms with Crippen LogP contribution in [0.1, 0.15) is 45.7 Å². The molecule has 0 saturated heterocycles. The van der Waals surface area contributed by atoms with Gasteiger partial charge in [-0.05, 0) is 18.9 Å². The molecule has 0 spiro atoms. The third kappa shape index (κ3) is 3.15. The van der Waals surface area contributed by atoms with E-state index in [0.29, 0.717) is 4.88 Å². The van der Waals surface area contributed by atoms with Crippen molar-refractivity contribution in [3.63, 3.8) is 0 Å². The molecule has 110 valence electrons. The molecule has 0 aliphatic heterocycles. The molecule has 1 aliphatic rings. The normalized spacial score (nSPS) is 18.8. The highest BCUT2D eigenvalue weighted by molar-refractivity contribution is 7.12. The van der Waals surface area contributed by atoms with E-state index >= 15 is 0 Å². The molecule has 0 radical (unpaired) electrons. The van der Waals surface area contributed by atoms with Crippen LogP contribution in [0.2, 0.25) is 0 Å². The van der Waals surface area contributed by atoms with Gasteiger partial charge in [0.05, 0.1) is 10.4 Å². The van der Waals surface area contributed by atoms with Crippen LogP contribution in [0, 0.1) is 0 Å². The average molecular weight is 303 g/mol. The Kier molecular flexibility index (Phi) is 4.08. The summed E-state index contributed by atoms with van der Waals surface area (Å²) >= 11 is 1.06. The summed E-state index contributed by atoms with van der Waals surface area (Å²) in [4.78, 5) is 24.7. The smallest absolute Gasteiger partial charge is 0.336 e. The zero-order chi connectivity index (χ0) is 14.9. The van der Waals surface area contributed by atoms with Gasteiger partial charge in [0.1, 0.15) is 0 Å². The van der Waals surface area contributed by atoms with E-state index in [1.165, 1.54) is 16.3 Å². The zero-order valence-electron chi connectivity index (χ0n) is 10.9. The van der Waals surface area contributed by atoms with Crippen molar-refractivity contribution in [3.8, 4) is 0 Å². The number of alkyl halides is 2. The highest BCUT2D eigenvalue weighted by Gasteiger charge is 2.37. The second-order valence-electron chi connectivity index (χ2n) is 5.01. The van der Waals surface area contributed by atoms with Crippen molar-refractivity contribution < 1.29 is 23.5 Å². The van der Waals surface area contributed by atoms with Crippen molar-refractivity contribution in [2.45, 2.75) is 37.6 Å². The Hall–Kier alpha value is -1.50. The Morgan fingerprint density at radius 1 is 1.40 bits per heavy atom. The predicted molar refractivity (Wildman–Crippen MR) is 70.6 cm³/mol. The Morgan fingerprint density at radius 3 is 2.50 bits per heavy atom. The molecule has 1 amide bonds. The van der Waals surface area contributed by atoms with Crippen molar-refractivity contribution >= 4 is 23.2 Å². The summed E-state index contributed by atoms with van der Waals surface area (Å²) in [5, 5.41) is 10.2. The Labute approximate surface area is 119 Å². The van der Waals surface area contributed by atoms with Crippen LogP contribution >= 0.6 is 11.3 Å². The molecule has 4 nitrogen and oxygen atoms in total. The number of thiophene rings is 1. The molecule has 1 saturated carbocycles. The number of hydrogen-bond acceptors (Lipinski definition) is 3. The van der Waals surface area contributed by atoms with E-state index in [2.05, 4.69) is 0 Å². The van der Waals surface area contributed by atoms with Crippen molar-refractivity contribution in [1.82, 2.24) is 4.90 Å². The van der Waals surface area contributed by atoms with Gasteiger partial charge in [-0.2, -0.15) is 0 Å². The quantitative estimate of drug-likeness (QED) is 0.933. The van der Waals surface area contributed by atoms with Gasteiger partial charge in [-0.15, -0.1) is 11.3 Å². The van der Waals surface area contributed by atoms with Crippen molar-refractivity contribution in [1.29, 1.82) is 0 Å². The van der Waals surface area contributed by atoms with Gasteiger partial charge in [0.2, 0.25) is 5.92 Å². The molecule has 0 aromatic carbocycles. The third-order valence-corrected chi connectivity index (χ3v) is 4.53. The largest absolute Gasteiger partial charge is 0.478 e. The number of halogens is 2. The van der Waals surface area contributed by atoms with Crippen LogP contribution in [0.3, 0.4) is 0 Å². The lowest BCUT2D eigenvalue weighted by Crippen LogP contribution is -2.41. The zero-order valence-corrected chi connectivity index (χ0v) is 11.8. The molecule has 0 unspecified atom stereocenters. The molecule has 1 aromatic heterocycles. The molecule has 1 heterocycles. The summed E-state index contributed by atoms with van der Waals surface area (Å²) < 4.78 is 26.2. The molecule has 1 fully saturated rings. The van der Waals surface area contributed by atoms with E-state index in [1.54, 1.807) is 7.05 Å². The fraction of sp³-hybridized carbons (Fsp3) is 0.538. The molecule has 20 heavy (non-hydrogen) atoms. The van der Waals surface area contributed by atoms with Gasteiger partial charge in [0, 0.05) is 31.3 Å². The number of nitrogens with zero attached hydrogens (tertiary/aromatic N) is 1. The minimum Gasteiger partial charge on any atom is -0.478 e. The van der Waals surface area contributed by atoms with Gasteiger partial charge < -0.3 is 10.0 Å². The third-order valence-electron chi connectivity index (χ3n) is 3.61. The molecular weight excluding hydrogens is 288 g/mol. The first-order valence-corrected chi connectivity index (χ1v) is 7.15. The lowest BCUT2D eigenvalue weighted by Gasteiger charge is -2.34. The van der Waals surface area contributed by atoms with Crippen LogP contribution < -0.4 is 0 Å². The average Bonchev–Trinajstić information content (AvgIpc) is 2.86. The minimum atomic E-state index is -2.63. The Balaban J connectivity index is 2.03. The number of carboxylic acid groups (broad SMARTS) is 1. The lowest BCUT2D eigenvalue weighted by atomic mass is 9.91. The summed E-state index contributed by atoms with van der Waals surface area (Å²) in [5.41, 5.74) is 0.0712. The van der Waals surface area contributed by atoms with Gasteiger partial charge in [0.25, 0.3) is 5.91 Å². The molecule has 0 bridgehead atoms. The van der Waals surface area contributed by atoms with Gasteiger partial charge >= 0.3 is 5.97 Å². The fourth-order valence-electron chi connectivity index (χ4n) is 2.31. The van der Waals surface area contributed by atoms with Gasteiger partial charge in [-0.3, -0.25) is 4.79 Å². The molecule has 7 heteroatoms. The van der Waals surface area contributed by atoms with E-state index in [4.69, 9.17) is 5.11 Å². The number of carbonyl (C=O) groups excluding carboxylic acids is 1. The molecular formula is C13H15F2NO3S. The monoisotopic (exact) mass is 303 g/mol. The maximum Gasteiger partial charge on any atom is 0.336 e. The van der Waals surface area contributed by atoms with Crippen LogP contribution in [-0.4, -0.2) is 40.9 Å². The summed E-state index contributed by atoms with van der Waals surface area (Å²) in [6.07, 6.45) is 0.124. The Bertz CT molecular complexity index is 519. The molecule has 1 N–H and O–H groups in total. The summed E-state index contributed by atoms with van der Waals surface area (Å²) in [5.74, 6) is -4.02. The van der Waals surface area contributed by atoms with Crippen LogP contribution in [0.25, 0.3) is 0 Å². The predicted octanol–water partition coefficient (Wildman–Crippen LogP) is 3.10. The second kappa shape index (κ2) is 5.47. The van der Waals surface area contributed by atoms with Crippen molar-refractivity contribution in [2.24, 2.45) is 0 Å². The lowest BCUT2D eigenvalue weighted by molar-refractivity contribution is -0.0490. The summed E-state index contributed by atoms with van der Waals surface area (Å²) in [7, 11) is 1.58. The summed E-state index contributed by atoms with van der Waals surface area (Å²) in [6.45, 7) is 0. The van der Waals surface area contributed by atoms with Gasteiger partial charge in [-0.25, -0.2) is 13.6 Å². The van der Waals surface area contributed by atoms with Crippen molar-refractivity contribution in [2.75, 3.05) is 7.05 Å².